The normalized spacial score (nSPS) is 27.7. The van der Waals surface area contributed by atoms with Gasteiger partial charge in [0.05, 0.1) is 5.41 Å². The van der Waals surface area contributed by atoms with Gasteiger partial charge in [0.2, 0.25) is 0 Å². The third kappa shape index (κ3) is 3.71. The third-order valence-electron chi connectivity index (χ3n) is 5.25. The molecule has 0 atom stereocenters. The Kier molecular flexibility index (Phi) is 4.54. The van der Waals surface area contributed by atoms with Crippen LogP contribution in [0.3, 0.4) is 0 Å². The predicted octanol–water partition coefficient (Wildman–Crippen LogP) is 3.53. The lowest BCUT2D eigenvalue weighted by Gasteiger charge is -2.41. The van der Waals surface area contributed by atoms with Crippen molar-refractivity contribution in [3.8, 4) is 0 Å². The monoisotopic (exact) mass is 267 g/mol. The molecule has 0 amide bonds. The van der Waals surface area contributed by atoms with Gasteiger partial charge in [-0.25, -0.2) is 0 Å². The molecule has 0 unspecified atom stereocenters. The molecule has 1 saturated heterocycles. The number of aliphatic carboxylic acids is 1. The van der Waals surface area contributed by atoms with E-state index >= 15 is 0 Å². The Bertz CT molecular complexity index is 307. The van der Waals surface area contributed by atoms with Gasteiger partial charge in [-0.2, -0.15) is 0 Å². The fourth-order valence-electron chi connectivity index (χ4n) is 3.59. The van der Waals surface area contributed by atoms with Crippen LogP contribution in [0.15, 0.2) is 0 Å². The maximum absolute atomic E-state index is 11.8. The summed E-state index contributed by atoms with van der Waals surface area (Å²) in [4.78, 5) is 14.2. The summed E-state index contributed by atoms with van der Waals surface area (Å²) >= 11 is 0. The third-order valence-corrected chi connectivity index (χ3v) is 5.25. The Labute approximate surface area is 117 Å². The zero-order valence-corrected chi connectivity index (χ0v) is 12.6. The van der Waals surface area contributed by atoms with Crippen LogP contribution in [0.1, 0.15) is 65.2 Å². The van der Waals surface area contributed by atoms with E-state index < -0.39 is 11.4 Å². The van der Waals surface area contributed by atoms with Gasteiger partial charge in [0.15, 0.2) is 0 Å². The average molecular weight is 267 g/mol. The molecule has 1 N–H and O–H groups in total. The fraction of sp³-hybridized carbons (Fsp3) is 0.938. The van der Waals surface area contributed by atoms with Gasteiger partial charge in [-0.3, -0.25) is 4.79 Å². The topological polar surface area (TPSA) is 40.5 Å². The molecular weight excluding hydrogens is 238 g/mol. The molecule has 0 bridgehead atoms. The molecule has 1 saturated carbocycles. The number of likely N-dealkylation sites (tertiary alicyclic amines) is 1. The van der Waals surface area contributed by atoms with E-state index in [2.05, 4.69) is 18.7 Å². The van der Waals surface area contributed by atoms with Crippen molar-refractivity contribution in [1.82, 2.24) is 4.90 Å². The van der Waals surface area contributed by atoms with E-state index in [0.29, 0.717) is 5.41 Å². The summed E-state index contributed by atoms with van der Waals surface area (Å²) in [5.41, 5.74) is -0.0195. The first-order chi connectivity index (χ1) is 8.94. The summed E-state index contributed by atoms with van der Waals surface area (Å²) in [7, 11) is 0. The summed E-state index contributed by atoms with van der Waals surface area (Å²) in [6.07, 6.45) is 8.75. The maximum Gasteiger partial charge on any atom is 0.310 e. The first-order valence-electron chi connectivity index (χ1n) is 7.89. The lowest BCUT2D eigenvalue weighted by molar-refractivity contribution is -0.151. The van der Waals surface area contributed by atoms with Crippen molar-refractivity contribution in [3.63, 3.8) is 0 Å². The highest BCUT2D eigenvalue weighted by Gasteiger charge is 2.41. The number of carbonyl (C=O) groups is 1. The molecule has 0 aromatic heterocycles. The SMILES string of the molecule is CC1(C)CCN(CC2(C(=O)O)CCCCCC2)CC1. The van der Waals surface area contributed by atoms with Gasteiger partial charge in [-0.15, -0.1) is 0 Å². The number of hydrogen-bond donors (Lipinski definition) is 1. The molecule has 1 aliphatic heterocycles. The summed E-state index contributed by atoms with van der Waals surface area (Å²) in [6, 6.07) is 0. The van der Waals surface area contributed by atoms with E-state index in [-0.39, 0.29) is 0 Å². The molecule has 2 fully saturated rings. The predicted molar refractivity (Wildman–Crippen MR) is 77.2 cm³/mol. The summed E-state index contributed by atoms with van der Waals surface area (Å²) in [5.74, 6) is -0.556. The van der Waals surface area contributed by atoms with E-state index in [1.54, 1.807) is 0 Å². The summed E-state index contributed by atoms with van der Waals surface area (Å²) < 4.78 is 0. The number of carboxylic acid groups (broad SMARTS) is 1. The Morgan fingerprint density at radius 2 is 1.53 bits per heavy atom. The number of carboxylic acids is 1. The molecule has 1 heterocycles. The number of hydrogen-bond acceptors (Lipinski definition) is 2. The minimum Gasteiger partial charge on any atom is -0.481 e. The molecule has 2 aliphatic rings. The molecule has 0 radical (unpaired) electrons. The van der Waals surface area contributed by atoms with Gasteiger partial charge in [0, 0.05) is 6.54 Å². The van der Waals surface area contributed by atoms with Crippen molar-refractivity contribution >= 4 is 5.97 Å². The lowest BCUT2D eigenvalue weighted by atomic mass is 9.77. The molecule has 3 nitrogen and oxygen atoms in total. The highest BCUT2D eigenvalue weighted by atomic mass is 16.4. The standard InChI is InChI=1S/C16H29NO2/c1-15(2)9-11-17(12-10-15)13-16(14(18)19)7-5-3-4-6-8-16/h3-13H2,1-2H3,(H,18,19). The van der Waals surface area contributed by atoms with E-state index in [1.165, 1.54) is 25.7 Å². The van der Waals surface area contributed by atoms with E-state index in [1.807, 2.05) is 0 Å². The van der Waals surface area contributed by atoms with Gasteiger partial charge in [0.25, 0.3) is 0 Å². The van der Waals surface area contributed by atoms with Crippen LogP contribution in [0, 0.1) is 10.8 Å². The van der Waals surface area contributed by atoms with Crippen molar-refractivity contribution in [2.75, 3.05) is 19.6 Å². The smallest absolute Gasteiger partial charge is 0.310 e. The molecule has 3 heteroatoms. The molecule has 0 aromatic rings. The molecule has 110 valence electrons. The first-order valence-corrected chi connectivity index (χ1v) is 7.89. The summed E-state index contributed by atoms with van der Waals surface area (Å²) in [6.45, 7) is 7.56. The second-order valence-electron chi connectivity index (χ2n) is 7.44. The molecular formula is C16H29NO2. The van der Waals surface area contributed by atoms with Crippen molar-refractivity contribution in [2.45, 2.75) is 65.2 Å². The fourth-order valence-corrected chi connectivity index (χ4v) is 3.59. The lowest BCUT2D eigenvalue weighted by Crippen LogP contribution is -2.47. The number of rotatable bonds is 3. The maximum atomic E-state index is 11.8. The number of piperidine rings is 1. The van der Waals surface area contributed by atoms with Crippen molar-refractivity contribution < 1.29 is 9.90 Å². The largest absolute Gasteiger partial charge is 0.481 e. The van der Waals surface area contributed by atoms with Crippen LogP contribution in [0.4, 0.5) is 0 Å². The first kappa shape index (κ1) is 14.8. The zero-order valence-electron chi connectivity index (χ0n) is 12.6. The molecule has 0 aromatic carbocycles. The molecule has 0 spiro atoms. The van der Waals surface area contributed by atoms with Gasteiger partial charge in [-0.1, -0.05) is 39.5 Å². The van der Waals surface area contributed by atoms with Gasteiger partial charge >= 0.3 is 5.97 Å². The number of nitrogens with zero attached hydrogens (tertiary/aromatic N) is 1. The molecule has 1 aliphatic carbocycles. The van der Waals surface area contributed by atoms with Crippen LogP contribution in [-0.4, -0.2) is 35.6 Å². The second-order valence-corrected chi connectivity index (χ2v) is 7.44. The summed E-state index contributed by atoms with van der Waals surface area (Å²) in [5, 5.41) is 9.72. The minimum atomic E-state index is -0.556. The Morgan fingerprint density at radius 1 is 1.00 bits per heavy atom. The minimum absolute atomic E-state index is 0.441. The molecule has 2 rings (SSSR count). The van der Waals surface area contributed by atoms with Gasteiger partial charge < -0.3 is 10.0 Å². The van der Waals surface area contributed by atoms with E-state index in [0.717, 1.165) is 45.3 Å². The van der Waals surface area contributed by atoms with E-state index in [4.69, 9.17) is 0 Å². The Morgan fingerprint density at radius 3 is 2.00 bits per heavy atom. The van der Waals surface area contributed by atoms with Crippen LogP contribution in [0.2, 0.25) is 0 Å². The van der Waals surface area contributed by atoms with Crippen molar-refractivity contribution in [2.24, 2.45) is 10.8 Å². The van der Waals surface area contributed by atoms with Crippen LogP contribution < -0.4 is 0 Å². The van der Waals surface area contributed by atoms with Crippen molar-refractivity contribution in [3.05, 3.63) is 0 Å². The van der Waals surface area contributed by atoms with Crippen LogP contribution in [0.5, 0.6) is 0 Å². The van der Waals surface area contributed by atoms with Crippen LogP contribution >= 0.6 is 0 Å². The van der Waals surface area contributed by atoms with E-state index in [9.17, 15) is 9.90 Å². The zero-order chi connectivity index (χ0) is 13.9. The quantitative estimate of drug-likeness (QED) is 0.795. The molecule has 19 heavy (non-hydrogen) atoms. The van der Waals surface area contributed by atoms with Crippen molar-refractivity contribution in [1.29, 1.82) is 0 Å². The van der Waals surface area contributed by atoms with Crippen LogP contribution in [-0.2, 0) is 4.79 Å². The Hall–Kier alpha value is -0.570. The van der Waals surface area contributed by atoms with Gasteiger partial charge in [0.1, 0.15) is 0 Å². The Balaban J connectivity index is 1.99. The van der Waals surface area contributed by atoms with Gasteiger partial charge in [-0.05, 0) is 44.2 Å². The second kappa shape index (κ2) is 5.82. The van der Waals surface area contributed by atoms with Crippen LogP contribution in [0.25, 0.3) is 0 Å². The average Bonchev–Trinajstić information content (AvgIpc) is 2.58. The highest BCUT2D eigenvalue weighted by molar-refractivity contribution is 5.75. The highest BCUT2D eigenvalue weighted by Crippen LogP contribution is 2.38.